The van der Waals surface area contributed by atoms with Crippen molar-refractivity contribution >= 4 is 27.3 Å². The molecule has 0 bridgehead atoms. The van der Waals surface area contributed by atoms with E-state index >= 15 is 0 Å². The number of amides is 2. The minimum atomic E-state index is -3.37. The van der Waals surface area contributed by atoms with Crippen molar-refractivity contribution in [1.29, 1.82) is 0 Å². The number of carbonyl (C=O) groups excluding carboxylic acids is 2. The molecule has 0 aliphatic heterocycles. The fourth-order valence-corrected chi connectivity index (χ4v) is 5.05. The second-order valence-electron chi connectivity index (χ2n) is 6.55. The third kappa shape index (κ3) is 4.77. The van der Waals surface area contributed by atoms with Gasteiger partial charge in [-0.15, -0.1) is 0 Å². The molecule has 1 heterocycles. The van der Waals surface area contributed by atoms with Crippen molar-refractivity contribution in [2.24, 2.45) is 0 Å². The molecule has 3 rings (SSSR count). The number of nitrogens with one attached hydrogen (secondary N) is 2. The minimum absolute atomic E-state index is 0.0726. The van der Waals surface area contributed by atoms with Crippen LogP contribution >= 0.6 is 0 Å². The third-order valence-corrected chi connectivity index (χ3v) is 6.87. The second kappa shape index (κ2) is 8.39. The van der Waals surface area contributed by atoms with E-state index in [4.69, 9.17) is 4.42 Å². The summed E-state index contributed by atoms with van der Waals surface area (Å²) in [5, 5.41) is 4.97. The van der Waals surface area contributed by atoms with Crippen molar-refractivity contribution in [3.63, 3.8) is 0 Å². The molecule has 0 atom stereocenters. The molecule has 2 amide bonds. The Kier molecular flexibility index (Phi) is 5.95. The van der Waals surface area contributed by atoms with Gasteiger partial charge in [0.25, 0.3) is 5.91 Å². The van der Waals surface area contributed by atoms with E-state index in [-0.39, 0.29) is 34.9 Å². The van der Waals surface area contributed by atoms with Gasteiger partial charge in [0.05, 0.1) is 22.0 Å². The molecule has 1 aliphatic rings. The van der Waals surface area contributed by atoms with Gasteiger partial charge in [0, 0.05) is 18.7 Å². The standard InChI is InChI=1S/C19H22N2O5S/c22-18(8-10-20-19(23)14-9-11-26-13-14)21-15-4-3-7-17(12-15)27(24,25)16-5-1-2-6-16/h3-4,7,9,11-13,16H,1-2,5-6,8,10H2,(H,20,23)(H,21,22). The summed E-state index contributed by atoms with van der Waals surface area (Å²) < 4.78 is 30.2. The van der Waals surface area contributed by atoms with Gasteiger partial charge >= 0.3 is 0 Å². The Balaban J connectivity index is 1.54. The summed E-state index contributed by atoms with van der Waals surface area (Å²) >= 11 is 0. The van der Waals surface area contributed by atoms with Crippen LogP contribution in [0.5, 0.6) is 0 Å². The smallest absolute Gasteiger partial charge is 0.254 e. The molecule has 1 fully saturated rings. The molecule has 0 unspecified atom stereocenters. The predicted molar refractivity (Wildman–Crippen MR) is 100 cm³/mol. The zero-order valence-electron chi connectivity index (χ0n) is 14.8. The number of hydrogen-bond donors (Lipinski definition) is 2. The highest BCUT2D eigenvalue weighted by Gasteiger charge is 2.30. The first kappa shape index (κ1) is 19.2. The van der Waals surface area contributed by atoms with Gasteiger partial charge in [-0.3, -0.25) is 9.59 Å². The van der Waals surface area contributed by atoms with Crippen molar-refractivity contribution in [2.75, 3.05) is 11.9 Å². The maximum Gasteiger partial charge on any atom is 0.254 e. The van der Waals surface area contributed by atoms with E-state index in [0.717, 1.165) is 12.8 Å². The highest BCUT2D eigenvalue weighted by molar-refractivity contribution is 7.92. The highest BCUT2D eigenvalue weighted by atomic mass is 32.2. The molecule has 1 aromatic carbocycles. The Labute approximate surface area is 158 Å². The normalized spacial score (nSPS) is 14.8. The number of furan rings is 1. The number of hydrogen-bond acceptors (Lipinski definition) is 5. The molecule has 0 radical (unpaired) electrons. The van der Waals surface area contributed by atoms with E-state index < -0.39 is 9.84 Å². The largest absolute Gasteiger partial charge is 0.472 e. The van der Waals surface area contributed by atoms with Crippen molar-refractivity contribution < 1.29 is 22.4 Å². The third-order valence-electron chi connectivity index (χ3n) is 4.61. The molecule has 7 nitrogen and oxygen atoms in total. The zero-order valence-corrected chi connectivity index (χ0v) is 15.6. The van der Waals surface area contributed by atoms with E-state index in [0.29, 0.717) is 24.1 Å². The molecule has 8 heteroatoms. The number of benzene rings is 1. The summed E-state index contributed by atoms with van der Waals surface area (Å²) in [6.07, 6.45) is 6.05. The number of carbonyl (C=O) groups is 2. The van der Waals surface area contributed by atoms with Crippen LogP contribution in [0.3, 0.4) is 0 Å². The van der Waals surface area contributed by atoms with Crippen LogP contribution in [-0.2, 0) is 14.6 Å². The maximum absolute atomic E-state index is 12.7. The van der Waals surface area contributed by atoms with Gasteiger partial charge in [-0.25, -0.2) is 8.42 Å². The quantitative estimate of drug-likeness (QED) is 0.756. The van der Waals surface area contributed by atoms with Crippen molar-refractivity contribution in [3.05, 3.63) is 48.4 Å². The van der Waals surface area contributed by atoms with E-state index in [9.17, 15) is 18.0 Å². The monoisotopic (exact) mass is 390 g/mol. The molecule has 1 saturated carbocycles. The van der Waals surface area contributed by atoms with Crippen molar-refractivity contribution in [1.82, 2.24) is 5.32 Å². The molecule has 2 aromatic rings. The van der Waals surface area contributed by atoms with Gasteiger partial charge in [-0.1, -0.05) is 18.9 Å². The Bertz CT molecular complexity index is 900. The fourth-order valence-electron chi connectivity index (χ4n) is 3.15. The van der Waals surface area contributed by atoms with E-state index in [1.165, 1.54) is 24.7 Å². The van der Waals surface area contributed by atoms with Crippen LogP contribution in [0.25, 0.3) is 0 Å². The van der Waals surface area contributed by atoms with Gasteiger partial charge < -0.3 is 15.1 Å². The minimum Gasteiger partial charge on any atom is -0.472 e. The van der Waals surface area contributed by atoms with Crippen LogP contribution in [0.2, 0.25) is 0 Å². The molecule has 1 aromatic heterocycles. The Hall–Kier alpha value is -2.61. The molecular weight excluding hydrogens is 368 g/mol. The van der Waals surface area contributed by atoms with Crippen LogP contribution in [0, 0.1) is 0 Å². The lowest BCUT2D eigenvalue weighted by Crippen LogP contribution is -2.27. The second-order valence-corrected chi connectivity index (χ2v) is 8.77. The summed E-state index contributed by atoms with van der Waals surface area (Å²) in [6, 6.07) is 7.86. The number of anilines is 1. The van der Waals surface area contributed by atoms with Crippen LogP contribution in [-0.4, -0.2) is 32.0 Å². The van der Waals surface area contributed by atoms with Crippen LogP contribution in [0.1, 0.15) is 42.5 Å². The highest BCUT2D eigenvalue weighted by Crippen LogP contribution is 2.30. The van der Waals surface area contributed by atoms with Crippen LogP contribution < -0.4 is 10.6 Å². The Morgan fingerprint density at radius 3 is 2.63 bits per heavy atom. The summed E-state index contributed by atoms with van der Waals surface area (Å²) in [5.41, 5.74) is 0.820. The SMILES string of the molecule is O=C(CCNC(=O)c1ccoc1)Nc1cccc(S(=O)(=O)C2CCCC2)c1. The average Bonchev–Trinajstić information content (AvgIpc) is 3.36. The molecule has 0 saturated heterocycles. The molecule has 2 N–H and O–H groups in total. The first-order valence-electron chi connectivity index (χ1n) is 8.91. The van der Waals surface area contributed by atoms with Gasteiger partial charge in [-0.05, 0) is 37.1 Å². The molecule has 1 aliphatic carbocycles. The summed E-state index contributed by atoms with van der Waals surface area (Å²) in [7, 11) is -3.37. The van der Waals surface area contributed by atoms with Gasteiger partial charge in [0.1, 0.15) is 6.26 Å². The first-order chi connectivity index (χ1) is 13.0. The maximum atomic E-state index is 12.7. The van der Waals surface area contributed by atoms with E-state index in [2.05, 4.69) is 10.6 Å². The molecule has 27 heavy (non-hydrogen) atoms. The van der Waals surface area contributed by atoms with Gasteiger partial charge in [0.15, 0.2) is 9.84 Å². The molecular formula is C19H22N2O5S. The summed E-state index contributed by atoms with van der Waals surface area (Å²) in [5.74, 6) is -0.626. The number of sulfone groups is 1. The Morgan fingerprint density at radius 2 is 1.93 bits per heavy atom. The first-order valence-corrected chi connectivity index (χ1v) is 10.5. The topological polar surface area (TPSA) is 105 Å². The van der Waals surface area contributed by atoms with E-state index in [1.807, 2.05) is 0 Å². The lowest BCUT2D eigenvalue weighted by molar-refractivity contribution is -0.116. The van der Waals surface area contributed by atoms with Crippen molar-refractivity contribution in [2.45, 2.75) is 42.2 Å². The van der Waals surface area contributed by atoms with E-state index in [1.54, 1.807) is 18.2 Å². The fraction of sp³-hybridized carbons (Fsp3) is 0.368. The zero-order chi connectivity index (χ0) is 19.3. The Morgan fingerprint density at radius 1 is 1.15 bits per heavy atom. The van der Waals surface area contributed by atoms with Gasteiger partial charge in [0.2, 0.25) is 5.91 Å². The summed E-state index contributed by atoms with van der Waals surface area (Å²) in [4.78, 5) is 24.1. The number of rotatable bonds is 7. The lowest BCUT2D eigenvalue weighted by Gasteiger charge is -2.12. The van der Waals surface area contributed by atoms with Crippen LogP contribution in [0.15, 0.2) is 52.2 Å². The average molecular weight is 390 g/mol. The predicted octanol–water partition coefficient (Wildman–Crippen LogP) is 2.75. The van der Waals surface area contributed by atoms with Crippen LogP contribution in [0.4, 0.5) is 5.69 Å². The lowest BCUT2D eigenvalue weighted by atomic mass is 10.3. The molecule has 0 spiro atoms. The van der Waals surface area contributed by atoms with Gasteiger partial charge in [-0.2, -0.15) is 0 Å². The summed E-state index contributed by atoms with van der Waals surface area (Å²) in [6.45, 7) is 0.163. The van der Waals surface area contributed by atoms with Crippen molar-refractivity contribution in [3.8, 4) is 0 Å². The molecule has 144 valence electrons.